The van der Waals surface area contributed by atoms with Crippen LogP contribution in [0.3, 0.4) is 0 Å². The Bertz CT molecular complexity index is 1100. The van der Waals surface area contributed by atoms with Crippen LogP contribution in [0.5, 0.6) is 0 Å². The molecule has 0 saturated carbocycles. The van der Waals surface area contributed by atoms with Crippen LogP contribution in [0.4, 0.5) is 5.82 Å². The lowest BCUT2D eigenvalue weighted by Gasteiger charge is -2.07. The second kappa shape index (κ2) is 6.28. The molecule has 0 spiro atoms. The Morgan fingerprint density at radius 3 is 2.64 bits per heavy atom. The fraction of sp³-hybridized carbons (Fsp3) is 0.100. The van der Waals surface area contributed by atoms with Gasteiger partial charge in [-0.3, -0.25) is 10.4 Å². The number of rotatable bonds is 3. The van der Waals surface area contributed by atoms with E-state index in [2.05, 4.69) is 57.5 Å². The van der Waals surface area contributed by atoms with Crippen LogP contribution in [-0.2, 0) is 0 Å². The van der Waals surface area contributed by atoms with Gasteiger partial charge in [-0.25, -0.2) is 9.97 Å². The maximum atomic E-state index is 4.66. The fourth-order valence-corrected chi connectivity index (χ4v) is 2.82. The minimum atomic E-state index is 0.694. The number of anilines is 1. The lowest BCUT2D eigenvalue weighted by Crippen LogP contribution is -1.98. The highest BCUT2D eigenvalue weighted by Crippen LogP contribution is 2.22. The molecule has 0 atom stereocenters. The molecule has 5 nitrogen and oxygen atoms in total. The Labute approximate surface area is 145 Å². The topological polar surface area (TPSA) is 63.1 Å². The van der Waals surface area contributed by atoms with E-state index in [1.807, 2.05) is 30.3 Å². The largest absolute Gasteiger partial charge is 0.261 e. The molecule has 1 N–H and O–H groups in total. The zero-order valence-electron chi connectivity index (χ0n) is 14.1. The summed E-state index contributed by atoms with van der Waals surface area (Å²) in [4.78, 5) is 13.5. The Morgan fingerprint density at radius 2 is 1.76 bits per heavy atom. The van der Waals surface area contributed by atoms with Gasteiger partial charge in [0.15, 0.2) is 0 Å². The highest BCUT2D eigenvalue weighted by Gasteiger charge is 2.04. The second-order valence-electron chi connectivity index (χ2n) is 5.95. The number of benzene rings is 2. The standard InChI is InChI=1S/C20H17N5/c1-13-6-5-7-16-14(2)10-19(24-20(13)16)25-22-12-15-11-21-17-8-3-4-9-18(17)23-15/h3-12H,1-2H3,(H,24,25)/b22-12-. The number of aromatic nitrogens is 3. The molecule has 2 heterocycles. The summed E-state index contributed by atoms with van der Waals surface area (Å²) in [5.41, 5.74) is 8.71. The minimum Gasteiger partial charge on any atom is -0.261 e. The maximum absolute atomic E-state index is 4.66. The average Bonchev–Trinajstić information content (AvgIpc) is 2.63. The molecule has 5 heteroatoms. The molecule has 25 heavy (non-hydrogen) atoms. The van der Waals surface area contributed by atoms with Crippen LogP contribution < -0.4 is 5.43 Å². The zero-order valence-corrected chi connectivity index (χ0v) is 14.1. The number of pyridine rings is 1. The summed E-state index contributed by atoms with van der Waals surface area (Å²) < 4.78 is 0. The minimum absolute atomic E-state index is 0.694. The Balaban J connectivity index is 1.60. The van der Waals surface area contributed by atoms with Crippen molar-refractivity contribution in [3.8, 4) is 0 Å². The van der Waals surface area contributed by atoms with Crippen LogP contribution in [0.25, 0.3) is 21.9 Å². The van der Waals surface area contributed by atoms with Crippen LogP contribution in [-0.4, -0.2) is 21.2 Å². The third-order valence-electron chi connectivity index (χ3n) is 4.09. The van der Waals surface area contributed by atoms with Crippen molar-refractivity contribution in [2.24, 2.45) is 5.10 Å². The predicted octanol–water partition coefficient (Wildman–Crippen LogP) is 4.24. The Morgan fingerprint density at radius 1 is 0.920 bits per heavy atom. The van der Waals surface area contributed by atoms with Crippen molar-refractivity contribution >= 4 is 34.0 Å². The third-order valence-corrected chi connectivity index (χ3v) is 4.09. The van der Waals surface area contributed by atoms with E-state index < -0.39 is 0 Å². The number of hydrogen-bond donors (Lipinski definition) is 1. The van der Waals surface area contributed by atoms with Gasteiger partial charge in [0, 0.05) is 5.39 Å². The SMILES string of the molecule is Cc1cc(N/N=C\c2cnc3ccccc3n2)nc2c(C)cccc12. The number of nitrogens with one attached hydrogen (secondary N) is 1. The summed E-state index contributed by atoms with van der Waals surface area (Å²) in [6, 6.07) is 16.0. The first-order chi connectivity index (χ1) is 12.2. The van der Waals surface area contributed by atoms with Gasteiger partial charge in [0.1, 0.15) is 11.5 Å². The van der Waals surface area contributed by atoms with E-state index in [-0.39, 0.29) is 0 Å². The van der Waals surface area contributed by atoms with Gasteiger partial charge in [-0.2, -0.15) is 5.10 Å². The van der Waals surface area contributed by atoms with Crippen molar-refractivity contribution in [2.75, 3.05) is 5.43 Å². The average molecular weight is 327 g/mol. The van der Waals surface area contributed by atoms with Crippen LogP contribution in [0.2, 0.25) is 0 Å². The van der Waals surface area contributed by atoms with Crippen molar-refractivity contribution in [3.05, 3.63) is 71.5 Å². The molecule has 4 aromatic rings. The number of fused-ring (bicyclic) bond motifs is 2. The van der Waals surface area contributed by atoms with Crippen molar-refractivity contribution < 1.29 is 0 Å². The lowest BCUT2D eigenvalue weighted by atomic mass is 10.1. The van der Waals surface area contributed by atoms with Gasteiger partial charge < -0.3 is 0 Å². The number of nitrogens with zero attached hydrogens (tertiary/aromatic N) is 4. The molecule has 0 unspecified atom stereocenters. The molecule has 4 rings (SSSR count). The number of para-hydroxylation sites is 3. The summed E-state index contributed by atoms with van der Waals surface area (Å²) in [6.45, 7) is 4.14. The quantitative estimate of drug-likeness (QED) is 0.451. The summed E-state index contributed by atoms with van der Waals surface area (Å²) in [6.07, 6.45) is 3.36. The molecule has 0 bridgehead atoms. The molecule has 0 aliphatic rings. The Kier molecular flexibility index (Phi) is 3.82. The highest BCUT2D eigenvalue weighted by molar-refractivity contribution is 5.87. The van der Waals surface area contributed by atoms with E-state index in [0.717, 1.165) is 33.1 Å². The van der Waals surface area contributed by atoms with Gasteiger partial charge in [-0.1, -0.05) is 30.3 Å². The summed E-state index contributed by atoms with van der Waals surface area (Å²) in [5, 5.41) is 5.42. The van der Waals surface area contributed by atoms with E-state index >= 15 is 0 Å². The maximum Gasteiger partial charge on any atom is 0.147 e. The number of hydrazone groups is 1. The van der Waals surface area contributed by atoms with Crippen LogP contribution in [0, 0.1) is 13.8 Å². The second-order valence-corrected chi connectivity index (χ2v) is 5.95. The molecule has 0 saturated heterocycles. The van der Waals surface area contributed by atoms with Crippen molar-refractivity contribution in [1.29, 1.82) is 0 Å². The van der Waals surface area contributed by atoms with Gasteiger partial charge in [-0.15, -0.1) is 0 Å². The first-order valence-corrected chi connectivity index (χ1v) is 8.08. The van der Waals surface area contributed by atoms with E-state index in [4.69, 9.17) is 0 Å². The van der Waals surface area contributed by atoms with E-state index in [0.29, 0.717) is 11.5 Å². The molecule has 0 amide bonds. The van der Waals surface area contributed by atoms with Crippen LogP contribution >= 0.6 is 0 Å². The fourth-order valence-electron chi connectivity index (χ4n) is 2.82. The Hall–Kier alpha value is -3.34. The monoisotopic (exact) mass is 327 g/mol. The summed E-state index contributed by atoms with van der Waals surface area (Å²) >= 11 is 0. The van der Waals surface area contributed by atoms with Gasteiger partial charge in [-0.05, 0) is 43.2 Å². The highest BCUT2D eigenvalue weighted by atomic mass is 15.3. The molecule has 0 aliphatic carbocycles. The summed E-state index contributed by atoms with van der Waals surface area (Å²) in [5.74, 6) is 0.712. The van der Waals surface area contributed by atoms with Crippen molar-refractivity contribution in [2.45, 2.75) is 13.8 Å². The van der Waals surface area contributed by atoms with Gasteiger partial charge in [0.25, 0.3) is 0 Å². The lowest BCUT2D eigenvalue weighted by molar-refractivity contribution is 1.22. The normalized spacial score (nSPS) is 11.4. The van der Waals surface area contributed by atoms with E-state index in [9.17, 15) is 0 Å². The molecule has 2 aromatic carbocycles. The molecule has 0 aliphatic heterocycles. The molecule has 2 aromatic heterocycles. The first-order valence-electron chi connectivity index (χ1n) is 8.08. The van der Waals surface area contributed by atoms with Crippen molar-refractivity contribution in [1.82, 2.24) is 15.0 Å². The third kappa shape index (κ3) is 3.04. The zero-order chi connectivity index (χ0) is 17.2. The van der Waals surface area contributed by atoms with E-state index in [1.54, 1.807) is 12.4 Å². The number of hydrogen-bond acceptors (Lipinski definition) is 5. The summed E-state index contributed by atoms with van der Waals surface area (Å²) in [7, 11) is 0. The predicted molar refractivity (Wildman–Crippen MR) is 102 cm³/mol. The molecule has 0 radical (unpaired) electrons. The van der Waals surface area contributed by atoms with Gasteiger partial charge >= 0.3 is 0 Å². The van der Waals surface area contributed by atoms with Crippen LogP contribution in [0.15, 0.2) is 59.8 Å². The number of aryl methyl sites for hydroxylation is 2. The molecular weight excluding hydrogens is 310 g/mol. The van der Waals surface area contributed by atoms with E-state index in [1.165, 1.54) is 0 Å². The molecule has 122 valence electrons. The van der Waals surface area contributed by atoms with Gasteiger partial charge in [0.2, 0.25) is 0 Å². The first kappa shape index (κ1) is 15.2. The molecular formula is C20H17N5. The van der Waals surface area contributed by atoms with Gasteiger partial charge in [0.05, 0.1) is 29.0 Å². The van der Waals surface area contributed by atoms with Crippen LogP contribution in [0.1, 0.15) is 16.8 Å². The van der Waals surface area contributed by atoms with Crippen molar-refractivity contribution in [3.63, 3.8) is 0 Å². The molecule has 0 fully saturated rings. The smallest absolute Gasteiger partial charge is 0.147 e.